The summed E-state index contributed by atoms with van der Waals surface area (Å²) in [6.45, 7) is 5.38. The van der Waals surface area contributed by atoms with E-state index in [1.807, 2.05) is 18.7 Å². The first-order valence-electron chi connectivity index (χ1n) is 6.30. The topological polar surface area (TPSA) is 93.4 Å². The van der Waals surface area contributed by atoms with Crippen LogP contribution in [0.1, 0.15) is 13.8 Å². The van der Waals surface area contributed by atoms with Gasteiger partial charge in [0, 0.05) is 12.6 Å². The Morgan fingerprint density at radius 2 is 2.32 bits per heavy atom. The van der Waals surface area contributed by atoms with Gasteiger partial charge in [-0.1, -0.05) is 0 Å². The smallest absolute Gasteiger partial charge is 0.245 e. The predicted octanol–water partition coefficient (Wildman–Crippen LogP) is -0.211. The van der Waals surface area contributed by atoms with E-state index in [0.717, 1.165) is 0 Å². The molecule has 0 bridgehead atoms. The lowest BCUT2D eigenvalue weighted by molar-refractivity contribution is -0.125. The highest BCUT2D eigenvalue weighted by Crippen LogP contribution is 2.17. The van der Waals surface area contributed by atoms with E-state index >= 15 is 0 Å². The molecule has 7 nitrogen and oxygen atoms in total. The van der Waals surface area contributed by atoms with E-state index in [-0.39, 0.29) is 18.0 Å². The van der Waals surface area contributed by atoms with Crippen molar-refractivity contribution >= 4 is 17.5 Å². The molecule has 3 N–H and O–H groups in total. The van der Waals surface area contributed by atoms with Gasteiger partial charge >= 0.3 is 0 Å². The summed E-state index contributed by atoms with van der Waals surface area (Å²) in [4.78, 5) is 22.3. The highest BCUT2D eigenvalue weighted by atomic mass is 16.5. The summed E-state index contributed by atoms with van der Waals surface area (Å²) in [5, 5.41) is 2.89. The molecule has 1 aromatic rings. The summed E-state index contributed by atoms with van der Waals surface area (Å²) < 4.78 is 5.38. The van der Waals surface area contributed by atoms with Gasteiger partial charge in [-0.3, -0.25) is 4.79 Å². The molecular formula is C12H19N5O2. The molecule has 7 heteroatoms. The fourth-order valence-electron chi connectivity index (χ4n) is 1.96. The van der Waals surface area contributed by atoms with Crippen LogP contribution in [0.25, 0.3) is 0 Å². The number of nitrogens with zero attached hydrogens (tertiary/aromatic N) is 3. The highest BCUT2D eigenvalue weighted by Gasteiger charge is 2.30. The summed E-state index contributed by atoms with van der Waals surface area (Å²) in [6.07, 6.45) is 3.07. The molecular weight excluding hydrogens is 246 g/mol. The second-order valence-corrected chi connectivity index (χ2v) is 4.75. The Morgan fingerprint density at radius 3 is 2.95 bits per heavy atom. The third kappa shape index (κ3) is 3.31. The predicted molar refractivity (Wildman–Crippen MR) is 71.7 cm³/mol. The second kappa shape index (κ2) is 5.83. The third-order valence-electron chi connectivity index (χ3n) is 2.81. The van der Waals surface area contributed by atoms with Crippen molar-refractivity contribution < 1.29 is 9.53 Å². The molecule has 0 radical (unpaired) electrons. The highest BCUT2D eigenvalue weighted by molar-refractivity contribution is 5.85. The number of nitrogen functional groups attached to an aromatic ring is 1. The molecule has 2 heterocycles. The third-order valence-corrected chi connectivity index (χ3v) is 2.81. The van der Waals surface area contributed by atoms with Gasteiger partial charge in [0.25, 0.3) is 0 Å². The standard InChI is InChI=1S/C12H19N5O2/c1-8(2)16-12(18)9-7-19-4-3-17(9)11-6-14-10(13)5-15-11/h5-6,8-9H,3-4,7H2,1-2H3,(H2,13,14)(H,16,18). The van der Waals surface area contributed by atoms with E-state index in [1.54, 1.807) is 6.20 Å². The average molecular weight is 265 g/mol. The number of amides is 1. The number of nitrogens with two attached hydrogens (primary N) is 1. The van der Waals surface area contributed by atoms with E-state index in [9.17, 15) is 4.79 Å². The van der Waals surface area contributed by atoms with Gasteiger partial charge in [0.05, 0.1) is 25.6 Å². The fraction of sp³-hybridized carbons (Fsp3) is 0.583. The summed E-state index contributed by atoms with van der Waals surface area (Å²) in [5.41, 5.74) is 5.52. The molecule has 1 amide bonds. The lowest BCUT2D eigenvalue weighted by Gasteiger charge is -2.35. The zero-order chi connectivity index (χ0) is 13.8. The van der Waals surface area contributed by atoms with Gasteiger partial charge < -0.3 is 20.7 Å². The zero-order valence-corrected chi connectivity index (χ0v) is 11.2. The minimum Gasteiger partial charge on any atom is -0.382 e. The van der Waals surface area contributed by atoms with Crippen LogP contribution in [-0.4, -0.2) is 47.7 Å². The number of hydrogen-bond acceptors (Lipinski definition) is 6. The molecule has 1 aliphatic heterocycles. The normalized spacial score (nSPS) is 19.5. The van der Waals surface area contributed by atoms with E-state index in [2.05, 4.69) is 15.3 Å². The van der Waals surface area contributed by atoms with E-state index in [1.165, 1.54) is 6.20 Å². The van der Waals surface area contributed by atoms with E-state index in [4.69, 9.17) is 10.5 Å². The zero-order valence-electron chi connectivity index (χ0n) is 11.2. The van der Waals surface area contributed by atoms with Crippen molar-refractivity contribution in [2.45, 2.75) is 25.9 Å². The lowest BCUT2D eigenvalue weighted by Crippen LogP contribution is -2.55. The molecule has 104 valence electrons. The van der Waals surface area contributed by atoms with Crippen molar-refractivity contribution in [1.29, 1.82) is 0 Å². The quantitative estimate of drug-likeness (QED) is 0.785. The Bertz CT molecular complexity index is 434. The van der Waals surface area contributed by atoms with Crippen molar-refractivity contribution in [2.75, 3.05) is 30.4 Å². The van der Waals surface area contributed by atoms with Crippen molar-refractivity contribution in [3.8, 4) is 0 Å². The van der Waals surface area contributed by atoms with Crippen LogP contribution < -0.4 is 16.0 Å². The van der Waals surface area contributed by atoms with Gasteiger partial charge in [0.2, 0.25) is 5.91 Å². The molecule has 0 aromatic carbocycles. The van der Waals surface area contributed by atoms with Crippen LogP contribution in [0, 0.1) is 0 Å². The number of carbonyl (C=O) groups excluding carboxylic acids is 1. The number of hydrogen-bond donors (Lipinski definition) is 2. The number of rotatable bonds is 3. The number of morpholine rings is 1. The van der Waals surface area contributed by atoms with Crippen LogP contribution in [0.3, 0.4) is 0 Å². The van der Waals surface area contributed by atoms with Crippen LogP contribution in [0.15, 0.2) is 12.4 Å². The number of ether oxygens (including phenoxy) is 1. The van der Waals surface area contributed by atoms with Crippen molar-refractivity contribution in [3.63, 3.8) is 0 Å². The molecule has 1 atom stereocenters. The molecule has 1 fully saturated rings. The monoisotopic (exact) mass is 265 g/mol. The van der Waals surface area contributed by atoms with Gasteiger partial charge in [-0.15, -0.1) is 0 Å². The summed E-state index contributed by atoms with van der Waals surface area (Å²) in [7, 11) is 0. The molecule has 1 unspecified atom stereocenters. The Balaban J connectivity index is 2.15. The van der Waals surface area contributed by atoms with Crippen molar-refractivity contribution in [1.82, 2.24) is 15.3 Å². The van der Waals surface area contributed by atoms with Gasteiger partial charge in [0.15, 0.2) is 0 Å². The van der Waals surface area contributed by atoms with Crippen LogP contribution in [-0.2, 0) is 9.53 Å². The molecule has 1 saturated heterocycles. The number of anilines is 2. The van der Waals surface area contributed by atoms with Gasteiger partial charge in [-0.25, -0.2) is 9.97 Å². The maximum absolute atomic E-state index is 12.2. The number of carbonyl (C=O) groups is 1. The Hall–Kier alpha value is -1.89. The van der Waals surface area contributed by atoms with Crippen LogP contribution in [0.4, 0.5) is 11.6 Å². The first kappa shape index (κ1) is 13.5. The minimum absolute atomic E-state index is 0.0617. The van der Waals surface area contributed by atoms with Crippen molar-refractivity contribution in [3.05, 3.63) is 12.4 Å². The van der Waals surface area contributed by atoms with Gasteiger partial charge in [0.1, 0.15) is 17.7 Å². The fourth-order valence-corrected chi connectivity index (χ4v) is 1.96. The molecule has 19 heavy (non-hydrogen) atoms. The molecule has 0 aliphatic carbocycles. The molecule has 2 rings (SSSR count). The maximum atomic E-state index is 12.2. The summed E-state index contributed by atoms with van der Waals surface area (Å²) in [5.74, 6) is 0.940. The van der Waals surface area contributed by atoms with Crippen LogP contribution in [0.5, 0.6) is 0 Å². The minimum atomic E-state index is -0.380. The summed E-state index contributed by atoms with van der Waals surface area (Å²) in [6, 6.07) is -0.289. The number of nitrogens with one attached hydrogen (secondary N) is 1. The van der Waals surface area contributed by atoms with E-state index in [0.29, 0.717) is 31.4 Å². The van der Waals surface area contributed by atoms with Crippen LogP contribution >= 0.6 is 0 Å². The first-order valence-corrected chi connectivity index (χ1v) is 6.30. The van der Waals surface area contributed by atoms with Gasteiger partial charge in [-0.05, 0) is 13.8 Å². The van der Waals surface area contributed by atoms with Crippen molar-refractivity contribution in [2.24, 2.45) is 0 Å². The molecule has 1 aliphatic rings. The molecule has 1 aromatic heterocycles. The van der Waals surface area contributed by atoms with E-state index < -0.39 is 0 Å². The SMILES string of the molecule is CC(C)NC(=O)C1COCCN1c1cnc(N)cn1. The largest absolute Gasteiger partial charge is 0.382 e. The molecule has 0 saturated carbocycles. The number of aromatic nitrogens is 2. The lowest BCUT2D eigenvalue weighted by atomic mass is 10.2. The average Bonchev–Trinajstić information content (AvgIpc) is 2.39. The Labute approximate surface area is 112 Å². The van der Waals surface area contributed by atoms with Crippen LogP contribution in [0.2, 0.25) is 0 Å². The Morgan fingerprint density at radius 1 is 1.53 bits per heavy atom. The molecule has 0 spiro atoms. The Kier molecular flexibility index (Phi) is 4.16. The maximum Gasteiger partial charge on any atom is 0.245 e. The first-order chi connectivity index (χ1) is 9.08. The second-order valence-electron chi connectivity index (χ2n) is 4.75. The van der Waals surface area contributed by atoms with Gasteiger partial charge in [-0.2, -0.15) is 0 Å². The summed E-state index contributed by atoms with van der Waals surface area (Å²) >= 11 is 0.